The standard InChI is InChI=1S/C12H17N3O2/c1-4-5-8(3)15-11-10(12(17)14-15)7(2)6-9(16)13-11/h6,8H,4-5H2,1-3H3,(H,13,16)(H,14,17)/t8-/m1/s1. The van der Waals surface area contributed by atoms with Crippen molar-refractivity contribution in [1.29, 1.82) is 0 Å². The third-order valence-corrected chi connectivity index (χ3v) is 3.06. The molecule has 0 fully saturated rings. The number of aryl methyl sites for hydroxylation is 1. The van der Waals surface area contributed by atoms with Crippen molar-refractivity contribution < 1.29 is 0 Å². The van der Waals surface area contributed by atoms with Gasteiger partial charge in [0.2, 0.25) is 5.56 Å². The van der Waals surface area contributed by atoms with Gasteiger partial charge in [-0.25, -0.2) is 0 Å². The first-order valence-corrected chi connectivity index (χ1v) is 5.88. The molecule has 2 rings (SSSR count). The van der Waals surface area contributed by atoms with Gasteiger partial charge in [0.15, 0.2) is 0 Å². The molecule has 0 saturated carbocycles. The van der Waals surface area contributed by atoms with Gasteiger partial charge in [-0.05, 0) is 25.8 Å². The van der Waals surface area contributed by atoms with Gasteiger partial charge in [0.05, 0.1) is 5.39 Å². The van der Waals surface area contributed by atoms with Crippen molar-refractivity contribution >= 4 is 11.0 Å². The predicted octanol–water partition coefficient (Wildman–Crippen LogP) is 1.69. The zero-order valence-electron chi connectivity index (χ0n) is 10.3. The lowest BCUT2D eigenvalue weighted by molar-refractivity contribution is 0.462. The molecule has 0 unspecified atom stereocenters. The highest BCUT2D eigenvalue weighted by atomic mass is 16.1. The molecule has 0 aliphatic heterocycles. The van der Waals surface area contributed by atoms with Gasteiger partial charge in [0, 0.05) is 12.1 Å². The first-order chi connectivity index (χ1) is 8.04. The number of nitrogens with zero attached hydrogens (tertiary/aromatic N) is 1. The summed E-state index contributed by atoms with van der Waals surface area (Å²) in [6, 6.07) is 1.62. The van der Waals surface area contributed by atoms with Crippen molar-refractivity contribution in [2.24, 2.45) is 0 Å². The van der Waals surface area contributed by atoms with Gasteiger partial charge >= 0.3 is 0 Å². The van der Waals surface area contributed by atoms with E-state index >= 15 is 0 Å². The molecule has 0 bridgehead atoms. The molecule has 0 amide bonds. The Bertz CT molecular complexity index is 648. The Hall–Kier alpha value is -1.78. The summed E-state index contributed by atoms with van der Waals surface area (Å²) in [5, 5.41) is 3.37. The van der Waals surface area contributed by atoms with Crippen LogP contribution < -0.4 is 11.1 Å². The molecule has 2 heterocycles. The monoisotopic (exact) mass is 235 g/mol. The molecule has 5 nitrogen and oxygen atoms in total. The van der Waals surface area contributed by atoms with Gasteiger partial charge < -0.3 is 4.98 Å². The van der Waals surface area contributed by atoms with E-state index in [1.807, 2.05) is 6.92 Å². The Morgan fingerprint density at radius 1 is 1.41 bits per heavy atom. The molecule has 92 valence electrons. The first-order valence-electron chi connectivity index (χ1n) is 5.88. The van der Waals surface area contributed by atoms with Gasteiger partial charge in [-0.2, -0.15) is 0 Å². The number of hydrogen-bond donors (Lipinski definition) is 2. The molecule has 2 N–H and O–H groups in total. The Kier molecular flexibility index (Phi) is 2.92. The number of hydrogen-bond acceptors (Lipinski definition) is 2. The fraction of sp³-hybridized carbons (Fsp3) is 0.500. The molecule has 0 radical (unpaired) electrons. The number of aromatic nitrogens is 3. The van der Waals surface area contributed by atoms with Crippen LogP contribution >= 0.6 is 0 Å². The summed E-state index contributed by atoms with van der Waals surface area (Å²) in [7, 11) is 0. The maximum Gasteiger partial charge on any atom is 0.273 e. The quantitative estimate of drug-likeness (QED) is 0.849. The SMILES string of the molecule is CCC[C@@H](C)n1[nH]c(=O)c2c(C)cc(=O)[nH]c21. The van der Waals surface area contributed by atoms with Crippen LogP contribution in [0.5, 0.6) is 0 Å². The van der Waals surface area contributed by atoms with E-state index in [2.05, 4.69) is 17.0 Å². The van der Waals surface area contributed by atoms with Crippen LogP contribution in [-0.4, -0.2) is 14.8 Å². The Morgan fingerprint density at radius 3 is 2.76 bits per heavy atom. The van der Waals surface area contributed by atoms with E-state index in [4.69, 9.17) is 0 Å². The minimum absolute atomic E-state index is 0.142. The fourth-order valence-corrected chi connectivity index (χ4v) is 2.24. The van der Waals surface area contributed by atoms with Crippen molar-refractivity contribution in [3.8, 4) is 0 Å². The van der Waals surface area contributed by atoms with E-state index in [1.54, 1.807) is 11.6 Å². The van der Waals surface area contributed by atoms with Crippen LogP contribution in [0.25, 0.3) is 11.0 Å². The third-order valence-electron chi connectivity index (χ3n) is 3.06. The minimum atomic E-state index is -0.175. The summed E-state index contributed by atoms with van der Waals surface area (Å²) in [5.41, 5.74) is 0.997. The summed E-state index contributed by atoms with van der Waals surface area (Å²) in [6.07, 6.45) is 1.98. The maximum atomic E-state index is 11.8. The van der Waals surface area contributed by atoms with Crippen molar-refractivity contribution in [2.75, 3.05) is 0 Å². The van der Waals surface area contributed by atoms with Crippen molar-refractivity contribution in [3.63, 3.8) is 0 Å². The average Bonchev–Trinajstić information content (AvgIpc) is 2.56. The molecule has 5 heteroatoms. The number of nitrogens with one attached hydrogen (secondary N) is 2. The number of pyridine rings is 1. The summed E-state index contributed by atoms with van der Waals surface area (Å²) in [4.78, 5) is 26.0. The summed E-state index contributed by atoms with van der Waals surface area (Å²) >= 11 is 0. The second-order valence-corrected chi connectivity index (χ2v) is 4.49. The molecule has 0 aliphatic rings. The van der Waals surface area contributed by atoms with Gasteiger partial charge in [0.1, 0.15) is 5.65 Å². The molecule has 17 heavy (non-hydrogen) atoms. The molecule has 0 spiro atoms. The van der Waals surface area contributed by atoms with E-state index in [0.717, 1.165) is 12.8 Å². The fourth-order valence-electron chi connectivity index (χ4n) is 2.24. The molecule has 0 saturated heterocycles. The molecule has 2 aromatic rings. The Balaban J connectivity index is 2.74. The highest BCUT2D eigenvalue weighted by molar-refractivity contribution is 5.77. The lowest BCUT2D eigenvalue weighted by Crippen LogP contribution is -2.12. The van der Waals surface area contributed by atoms with Crippen LogP contribution in [0, 0.1) is 6.92 Å². The maximum absolute atomic E-state index is 11.8. The molecular weight excluding hydrogens is 218 g/mol. The Morgan fingerprint density at radius 2 is 2.12 bits per heavy atom. The topological polar surface area (TPSA) is 70.7 Å². The van der Waals surface area contributed by atoms with E-state index in [9.17, 15) is 9.59 Å². The first kappa shape index (κ1) is 11.7. The van der Waals surface area contributed by atoms with E-state index in [1.165, 1.54) is 6.07 Å². The minimum Gasteiger partial charge on any atom is -0.307 e. The second-order valence-electron chi connectivity index (χ2n) is 4.49. The van der Waals surface area contributed by atoms with Crippen LogP contribution in [-0.2, 0) is 0 Å². The normalized spacial score (nSPS) is 13.1. The van der Waals surface area contributed by atoms with Crippen LogP contribution in [0.1, 0.15) is 38.3 Å². The number of rotatable bonds is 3. The third kappa shape index (κ3) is 1.92. The number of H-pyrrole nitrogens is 2. The van der Waals surface area contributed by atoms with Gasteiger partial charge in [0.25, 0.3) is 5.56 Å². The van der Waals surface area contributed by atoms with Crippen LogP contribution in [0.15, 0.2) is 15.7 Å². The molecule has 0 aliphatic carbocycles. The molecule has 1 atom stereocenters. The summed E-state index contributed by atoms with van der Waals surface area (Å²) < 4.78 is 1.76. The number of aromatic amines is 2. The molecule has 0 aromatic carbocycles. The molecule has 2 aromatic heterocycles. The van der Waals surface area contributed by atoms with Gasteiger partial charge in [-0.15, -0.1) is 0 Å². The highest BCUT2D eigenvalue weighted by Gasteiger charge is 2.14. The zero-order valence-corrected chi connectivity index (χ0v) is 10.3. The summed E-state index contributed by atoms with van der Waals surface area (Å²) in [5.74, 6) is 0. The second kappa shape index (κ2) is 4.24. The van der Waals surface area contributed by atoms with Crippen molar-refractivity contribution in [2.45, 2.75) is 39.7 Å². The molecular formula is C12H17N3O2. The van der Waals surface area contributed by atoms with E-state index in [0.29, 0.717) is 16.6 Å². The highest BCUT2D eigenvalue weighted by Crippen LogP contribution is 2.17. The summed E-state index contributed by atoms with van der Waals surface area (Å²) in [6.45, 7) is 5.90. The Labute approximate surface area is 98.5 Å². The zero-order chi connectivity index (χ0) is 12.6. The van der Waals surface area contributed by atoms with E-state index < -0.39 is 0 Å². The van der Waals surface area contributed by atoms with Gasteiger partial charge in [-0.1, -0.05) is 13.3 Å². The average molecular weight is 235 g/mol. The van der Waals surface area contributed by atoms with E-state index in [-0.39, 0.29) is 17.2 Å². The van der Waals surface area contributed by atoms with Crippen LogP contribution in [0.4, 0.5) is 0 Å². The van der Waals surface area contributed by atoms with Gasteiger partial charge in [-0.3, -0.25) is 19.4 Å². The predicted molar refractivity (Wildman–Crippen MR) is 67.5 cm³/mol. The van der Waals surface area contributed by atoms with Crippen LogP contribution in [0.3, 0.4) is 0 Å². The largest absolute Gasteiger partial charge is 0.307 e. The lowest BCUT2D eigenvalue weighted by atomic mass is 10.2. The number of fused-ring (bicyclic) bond motifs is 1. The van der Waals surface area contributed by atoms with Crippen molar-refractivity contribution in [3.05, 3.63) is 32.3 Å². The van der Waals surface area contributed by atoms with Crippen molar-refractivity contribution in [1.82, 2.24) is 14.8 Å². The smallest absolute Gasteiger partial charge is 0.273 e. The lowest BCUT2D eigenvalue weighted by Gasteiger charge is -2.12. The van der Waals surface area contributed by atoms with Crippen LogP contribution in [0.2, 0.25) is 0 Å².